The predicted octanol–water partition coefficient (Wildman–Crippen LogP) is 3.22. The Hall–Kier alpha value is -1.68. The van der Waals surface area contributed by atoms with Gasteiger partial charge in [-0.1, -0.05) is 30.3 Å². The summed E-state index contributed by atoms with van der Waals surface area (Å²) in [6.07, 6.45) is 0.295. The summed E-state index contributed by atoms with van der Waals surface area (Å²) >= 11 is 1.55. The fraction of sp³-hybridized carbons (Fsp3) is 0.286. The van der Waals surface area contributed by atoms with Crippen LogP contribution in [0, 0.1) is 6.92 Å². The summed E-state index contributed by atoms with van der Waals surface area (Å²) in [6.45, 7) is 4.18. The number of hydrogen-bond acceptors (Lipinski definition) is 4. The van der Waals surface area contributed by atoms with E-state index < -0.39 is 0 Å². The van der Waals surface area contributed by atoms with E-state index in [1.54, 1.807) is 11.3 Å². The summed E-state index contributed by atoms with van der Waals surface area (Å²) in [6, 6.07) is 9.91. The lowest BCUT2D eigenvalue weighted by atomic mass is 10.1. The van der Waals surface area contributed by atoms with E-state index in [1.165, 1.54) is 0 Å². The number of benzene rings is 1. The zero-order valence-corrected chi connectivity index (χ0v) is 11.3. The molecule has 0 spiro atoms. The summed E-state index contributed by atoms with van der Waals surface area (Å²) < 4.78 is 4.99. The lowest BCUT2D eigenvalue weighted by Gasteiger charge is -2.02. The standard InChI is InChI=1S/C14H15NO2S/c1-3-17-13(16)9-12-14(15-10(2)18-12)11-7-5-4-6-8-11/h4-8H,3,9H2,1-2H3. The highest BCUT2D eigenvalue weighted by Crippen LogP contribution is 2.28. The number of nitrogens with zero attached hydrogens (tertiary/aromatic N) is 1. The summed E-state index contributed by atoms with van der Waals surface area (Å²) in [4.78, 5) is 17.0. The number of rotatable bonds is 4. The van der Waals surface area contributed by atoms with Gasteiger partial charge in [-0.25, -0.2) is 4.98 Å². The summed E-state index contributed by atoms with van der Waals surface area (Å²) in [5, 5.41) is 0.966. The van der Waals surface area contributed by atoms with Crippen molar-refractivity contribution < 1.29 is 9.53 Å². The van der Waals surface area contributed by atoms with Crippen molar-refractivity contribution in [3.8, 4) is 11.3 Å². The molecule has 0 fully saturated rings. The lowest BCUT2D eigenvalue weighted by Crippen LogP contribution is -2.07. The lowest BCUT2D eigenvalue weighted by molar-refractivity contribution is -0.142. The molecule has 0 unspecified atom stereocenters. The van der Waals surface area contributed by atoms with Gasteiger partial charge in [-0.2, -0.15) is 0 Å². The molecule has 94 valence electrons. The molecule has 0 radical (unpaired) electrons. The molecule has 0 amide bonds. The van der Waals surface area contributed by atoms with E-state index in [0.717, 1.165) is 21.1 Å². The second kappa shape index (κ2) is 5.78. The largest absolute Gasteiger partial charge is 0.466 e. The van der Waals surface area contributed by atoms with Crippen molar-refractivity contribution in [2.75, 3.05) is 6.61 Å². The fourth-order valence-electron chi connectivity index (χ4n) is 1.75. The minimum Gasteiger partial charge on any atom is -0.466 e. The SMILES string of the molecule is CCOC(=O)Cc1sc(C)nc1-c1ccccc1. The third kappa shape index (κ3) is 2.96. The Morgan fingerprint density at radius 2 is 2.06 bits per heavy atom. The van der Waals surface area contributed by atoms with Crippen LogP contribution in [0.5, 0.6) is 0 Å². The van der Waals surface area contributed by atoms with Crippen molar-refractivity contribution in [1.29, 1.82) is 0 Å². The molecule has 0 atom stereocenters. The Labute approximate surface area is 110 Å². The van der Waals surface area contributed by atoms with Crippen LogP contribution in [0.25, 0.3) is 11.3 Å². The Balaban J connectivity index is 2.29. The minimum absolute atomic E-state index is 0.196. The van der Waals surface area contributed by atoms with Crippen LogP contribution in [-0.2, 0) is 16.0 Å². The Bertz CT molecular complexity index is 534. The van der Waals surface area contributed by atoms with Gasteiger partial charge in [0.2, 0.25) is 0 Å². The molecule has 2 aromatic rings. The Morgan fingerprint density at radius 3 is 2.72 bits per heavy atom. The van der Waals surface area contributed by atoms with Gasteiger partial charge in [0.25, 0.3) is 0 Å². The summed E-state index contributed by atoms with van der Waals surface area (Å²) in [7, 11) is 0. The third-order valence-corrected chi connectivity index (χ3v) is 3.43. The van der Waals surface area contributed by atoms with Gasteiger partial charge in [-0.3, -0.25) is 4.79 Å². The highest BCUT2D eigenvalue weighted by atomic mass is 32.1. The summed E-state index contributed by atoms with van der Waals surface area (Å²) in [5.41, 5.74) is 1.94. The smallest absolute Gasteiger partial charge is 0.311 e. The van der Waals surface area contributed by atoms with Crippen LogP contribution in [0.3, 0.4) is 0 Å². The highest BCUT2D eigenvalue weighted by Gasteiger charge is 2.14. The fourth-order valence-corrected chi connectivity index (χ4v) is 2.70. The molecular weight excluding hydrogens is 246 g/mol. The minimum atomic E-state index is -0.196. The Morgan fingerprint density at radius 1 is 1.33 bits per heavy atom. The molecule has 3 nitrogen and oxygen atoms in total. The van der Waals surface area contributed by atoms with E-state index in [9.17, 15) is 4.79 Å². The van der Waals surface area contributed by atoms with Crippen LogP contribution >= 0.6 is 11.3 Å². The maximum Gasteiger partial charge on any atom is 0.311 e. The normalized spacial score (nSPS) is 10.3. The van der Waals surface area contributed by atoms with Crippen LogP contribution in [0.4, 0.5) is 0 Å². The molecule has 4 heteroatoms. The monoisotopic (exact) mass is 261 g/mol. The van der Waals surface area contributed by atoms with E-state index in [4.69, 9.17) is 4.74 Å². The van der Waals surface area contributed by atoms with Gasteiger partial charge < -0.3 is 4.74 Å². The van der Waals surface area contributed by atoms with E-state index >= 15 is 0 Å². The van der Waals surface area contributed by atoms with Gasteiger partial charge in [-0.15, -0.1) is 11.3 Å². The van der Waals surface area contributed by atoms with Crippen LogP contribution in [0.15, 0.2) is 30.3 Å². The van der Waals surface area contributed by atoms with Gasteiger partial charge in [0, 0.05) is 10.4 Å². The first kappa shape index (κ1) is 12.8. The van der Waals surface area contributed by atoms with Crippen LogP contribution in [-0.4, -0.2) is 17.6 Å². The average molecular weight is 261 g/mol. The van der Waals surface area contributed by atoms with E-state index in [0.29, 0.717) is 13.0 Å². The first-order chi connectivity index (χ1) is 8.70. The molecule has 1 aromatic heterocycles. The molecule has 0 saturated carbocycles. The maximum atomic E-state index is 11.6. The molecule has 1 heterocycles. The van der Waals surface area contributed by atoms with Gasteiger partial charge in [0.05, 0.1) is 23.7 Å². The molecule has 1 aromatic carbocycles. The number of hydrogen-bond donors (Lipinski definition) is 0. The summed E-state index contributed by atoms with van der Waals surface area (Å²) in [5.74, 6) is -0.196. The number of carbonyl (C=O) groups excluding carboxylic acids is 1. The van der Waals surface area contributed by atoms with E-state index in [1.807, 2.05) is 44.2 Å². The van der Waals surface area contributed by atoms with Crippen molar-refractivity contribution in [3.63, 3.8) is 0 Å². The zero-order chi connectivity index (χ0) is 13.0. The second-order valence-electron chi connectivity index (χ2n) is 3.85. The van der Waals surface area contributed by atoms with Gasteiger partial charge in [0.1, 0.15) is 0 Å². The second-order valence-corrected chi connectivity index (χ2v) is 5.14. The van der Waals surface area contributed by atoms with Gasteiger partial charge >= 0.3 is 5.97 Å². The van der Waals surface area contributed by atoms with Crippen LogP contribution in [0.2, 0.25) is 0 Å². The average Bonchev–Trinajstić information content (AvgIpc) is 2.71. The number of aromatic nitrogens is 1. The third-order valence-electron chi connectivity index (χ3n) is 2.46. The first-order valence-corrected chi connectivity index (χ1v) is 6.69. The maximum absolute atomic E-state index is 11.6. The van der Waals surface area contributed by atoms with Crippen molar-refractivity contribution in [2.24, 2.45) is 0 Å². The Kier molecular flexibility index (Phi) is 4.10. The number of esters is 1. The molecule has 2 rings (SSSR count). The number of aryl methyl sites for hydroxylation is 1. The van der Waals surface area contributed by atoms with Crippen molar-refractivity contribution in [3.05, 3.63) is 40.2 Å². The number of ether oxygens (including phenoxy) is 1. The van der Waals surface area contributed by atoms with E-state index in [-0.39, 0.29) is 5.97 Å². The quantitative estimate of drug-likeness (QED) is 0.793. The van der Waals surface area contributed by atoms with Gasteiger partial charge in [-0.05, 0) is 13.8 Å². The first-order valence-electron chi connectivity index (χ1n) is 5.88. The highest BCUT2D eigenvalue weighted by molar-refractivity contribution is 7.12. The number of carbonyl (C=O) groups is 1. The molecule has 0 aliphatic heterocycles. The molecule has 0 N–H and O–H groups in total. The molecule has 0 saturated heterocycles. The topological polar surface area (TPSA) is 39.2 Å². The van der Waals surface area contributed by atoms with Crippen molar-refractivity contribution in [2.45, 2.75) is 20.3 Å². The van der Waals surface area contributed by atoms with Crippen LogP contribution in [0.1, 0.15) is 16.8 Å². The molecule has 18 heavy (non-hydrogen) atoms. The van der Waals surface area contributed by atoms with Crippen molar-refractivity contribution in [1.82, 2.24) is 4.98 Å². The predicted molar refractivity (Wildman–Crippen MR) is 72.6 cm³/mol. The molecule has 0 aliphatic rings. The van der Waals surface area contributed by atoms with Crippen LogP contribution < -0.4 is 0 Å². The molecule has 0 aliphatic carbocycles. The van der Waals surface area contributed by atoms with Gasteiger partial charge in [0.15, 0.2) is 0 Å². The zero-order valence-electron chi connectivity index (χ0n) is 10.5. The number of thiazole rings is 1. The van der Waals surface area contributed by atoms with E-state index in [2.05, 4.69) is 4.98 Å². The molecular formula is C14H15NO2S. The van der Waals surface area contributed by atoms with Crippen molar-refractivity contribution >= 4 is 17.3 Å². The molecule has 0 bridgehead atoms.